The molecule has 2 N–H and O–H groups in total. The van der Waals surface area contributed by atoms with Crippen LogP contribution in [-0.4, -0.2) is 23.5 Å². The van der Waals surface area contributed by atoms with Gasteiger partial charge in [0.25, 0.3) is 5.91 Å². The molecular weight excluding hydrogens is 273 g/mol. The van der Waals surface area contributed by atoms with E-state index in [-0.39, 0.29) is 10.6 Å². The van der Waals surface area contributed by atoms with Crippen molar-refractivity contribution in [3.8, 4) is 0 Å². The summed E-state index contributed by atoms with van der Waals surface area (Å²) in [5, 5.41) is 11.4. The Balaban J connectivity index is 2.41. The molecule has 1 rings (SSSR count). The number of benzene rings is 1. The Kier molecular flexibility index (Phi) is 5.76. The van der Waals surface area contributed by atoms with Gasteiger partial charge in [-0.05, 0) is 31.0 Å². The molecule has 104 valence electrons. The number of carboxylic acid groups (broad SMARTS) is 1. The maximum absolute atomic E-state index is 13.4. The maximum atomic E-state index is 13.4. The Morgan fingerprint density at radius 3 is 2.74 bits per heavy atom. The van der Waals surface area contributed by atoms with E-state index in [1.165, 1.54) is 12.1 Å². The number of hydrogen-bond donors (Lipinski definition) is 2. The number of rotatable bonds is 6. The Labute approximate surface area is 115 Å². The topological polar surface area (TPSA) is 66.4 Å². The maximum Gasteiger partial charge on any atom is 0.306 e. The van der Waals surface area contributed by atoms with Crippen molar-refractivity contribution in [2.24, 2.45) is 5.92 Å². The van der Waals surface area contributed by atoms with E-state index in [2.05, 4.69) is 5.32 Å². The van der Waals surface area contributed by atoms with Gasteiger partial charge in [0.15, 0.2) is 0 Å². The van der Waals surface area contributed by atoms with E-state index in [0.29, 0.717) is 19.4 Å². The molecule has 1 amide bonds. The fourth-order valence-corrected chi connectivity index (χ4v) is 1.66. The molecule has 0 aliphatic carbocycles. The number of aliphatic carboxylic acids is 1. The minimum atomic E-state index is -0.866. The molecule has 0 spiro atoms. The summed E-state index contributed by atoms with van der Waals surface area (Å²) in [5.74, 6) is -2.53. The number of nitrogens with one attached hydrogen (secondary N) is 1. The van der Waals surface area contributed by atoms with Crippen molar-refractivity contribution in [1.82, 2.24) is 5.32 Å². The first-order chi connectivity index (χ1) is 8.91. The van der Waals surface area contributed by atoms with Crippen LogP contribution < -0.4 is 5.32 Å². The molecule has 0 aliphatic heterocycles. The lowest BCUT2D eigenvalue weighted by atomic mass is 10.1. The first-order valence-corrected chi connectivity index (χ1v) is 6.25. The van der Waals surface area contributed by atoms with E-state index in [0.717, 1.165) is 6.07 Å². The molecule has 0 radical (unpaired) electrons. The number of halogens is 2. The van der Waals surface area contributed by atoms with Gasteiger partial charge in [-0.2, -0.15) is 0 Å². The molecule has 0 saturated heterocycles. The Morgan fingerprint density at radius 1 is 1.47 bits per heavy atom. The molecule has 1 atom stereocenters. The van der Waals surface area contributed by atoms with Gasteiger partial charge in [-0.3, -0.25) is 9.59 Å². The van der Waals surface area contributed by atoms with Crippen LogP contribution in [0.25, 0.3) is 0 Å². The van der Waals surface area contributed by atoms with Crippen molar-refractivity contribution in [2.45, 2.75) is 19.8 Å². The smallest absolute Gasteiger partial charge is 0.306 e. The lowest BCUT2D eigenvalue weighted by molar-refractivity contribution is -0.141. The first kappa shape index (κ1) is 15.4. The number of carboxylic acids is 1. The average Bonchev–Trinajstić information content (AvgIpc) is 2.33. The SMILES string of the molecule is CC(CCCNC(=O)c1ccc(Cl)cc1F)C(=O)O. The second kappa shape index (κ2) is 7.09. The van der Waals surface area contributed by atoms with E-state index in [1.54, 1.807) is 6.92 Å². The molecule has 1 unspecified atom stereocenters. The van der Waals surface area contributed by atoms with Gasteiger partial charge < -0.3 is 10.4 Å². The van der Waals surface area contributed by atoms with Crippen molar-refractivity contribution in [1.29, 1.82) is 0 Å². The lowest BCUT2D eigenvalue weighted by Gasteiger charge is -2.08. The summed E-state index contributed by atoms with van der Waals surface area (Å²) in [6, 6.07) is 3.82. The van der Waals surface area contributed by atoms with Crippen LogP contribution in [-0.2, 0) is 4.79 Å². The second-order valence-corrected chi connectivity index (χ2v) is 4.70. The largest absolute Gasteiger partial charge is 0.481 e. The molecular formula is C13H15ClFNO3. The molecule has 6 heteroatoms. The molecule has 1 aromatic rings. The lowest BCUT2D eigenvalue weighted by Crippen LogP contribution is -2.26. The van der Waals surface area contributed by atoms with Crippen molar-refractivity contribution >= 4 is 23.5 Å². The third-order valence-corrected chi connectivity index (χ3v) is 2.93. The zero-order chi connectivity index (χ0) is 14.4. The molecule has 0 aliphatic rings. The van der Waals surface area contributed by atoms with Crippen LogP contribution in [0.3, 0.4) is 0 Å². The highest BCUT2D eigenvalue weighted by Crippen LogP contribution is 2.14. The van der Waals surface area contributed by atoms with Gasteiger partial charge in [-0.1, -0.05) is 18.5 Å². The summed E-state index contributed by atoms with van der Waals surface area (Å²) in [4.78, 5) is 22.2. The van der Waals surface area contributed by atoms with Gasteiger partial charge in [0.1, 0.15) is 5.82 Å². The van der Waals surface area contributed by atoms with Gasteiger partial charge in [-0.25, -0.2) is 4.39 Å². The number of carbonyl (C=O) groups is 2. The Hall–Kier alpha value is -1.62. The fraction of sp³-hybridized carbons (Fsp3) is 0.385. The van der Waals surface area contributed by atoms with Crippen LogP contribution in [0, 0.1) is 11.7 Å². The van der Waals surface area contributed by atoms with Crippen LogP contribution in [0.4, 0.5) is 4.39 Å². The summed E-state index contributed by atoms with van der Waals surface area (Å²) >= 11 is 5.59. The highest BCUT2D eigenvalue weighted by Gasteiger charge is 2.13. The monoisotopic (exact) mass is 287 g/mol. The van der Waals surface area contributed by atoms with Gasteiger partial charge >= 0.3 is 5.97 Å². The quantitative estimate of drug-likeness (QED) is 0.791. The van der Waals surface area contributed by atoms with E-state index < -0.39 is 23.6 Å². The number of carbonyl (C=O) groups excluding carboxylic acids is 1. The van der Waals surface area contributed by atoms with Crippen LogP contribution in [0.5, 0.6) is 0 Å². The van der Waals surface area contributed by atoms with Crippen molar-refractivity contribution in [3.05, 3.63) is 34.6 Å². The van der Waals surface area contributed by atoms with Gasteiger partial charge in [0.05, 0.1) is 11.5 Å². The summed E-state index contributed by atoms with van der Waals surface area (Å²) < 4.78 is 13.4. The predicted octanol–water partition coefficient (Wildman–Crippen LogP) is 2.71. The van der Waals surface area contributed by atoms with Crippen LogP contribution in [0.1, 0.15) is 30.1 Å². The average molecular weight is 288 g/mol. The van der Waals surface area contributed by atoms with Crippen LogP contribution in [0.15, 0.2) is 18.2 Å². The van der Waals surface area contributed by atoms with E-state index in [1.807, 2.05) is 0 Å². The summed E-state index contributed by atoms with van der Waals surface area (Å²) in [7, 11) is 0. The van der Waals surface area contributed by atoms with E-state index in [4.69, 9.17) is 16.7 Å². The second-order valence-electron chi connectivity index (χ2n) is 4.26. The Morgan fingerprint density at radius 2 is 2.16 bits per heavy atom. The van der Waals surface area contributed by atoms with Crippen molar-refractivity contribution < 1.29 is 19.1 Å². The molecule has 0 aromatic heterocycles. The van der Waals surface area contributed by atoms with Crippen molar-refractivity contribution in [3.63, 3.8) is 0 Å². The van der Waals surface area contributed by atoms with E-state index >= 15 is 0 Å². The summed E-state index contributed by atoms with van der Waals surface area (Å²) in [6.45, 7) is 1.90. The van der Waals surface area contributed by atoms with Crippen LogP contribution >= 0.6 is 11.6 Å². The molecule has 0 fully saturated rings. The third-order valence-electron chi connectivity index (χ3n) is 2.70. The molecule has 1 aromatic carbocycles. The molecule has 0 saturated carbocycles. The Bertz CT molecular complexity index is 479. The zero-order valence-electron chi connectivity index (χ0n) is 10.5. The summed E-state index contributed by atoms with van der Waals surface area (Å²) in [5.41, 5.74) is -0.0734. The summed E-state index contributed by atoms with van der Waals surface area (Å²) in [6.07, 6.45) is 0.979. The number of hydrogen-bond acceptors (Lipinski definition) is 2. The first-order valence-electron chi connectivity index (χ1n) is 5.88. The van der Waals surface area contributed by atoms with Gasteiger partial charge in [0.2, 0.25) is 0 Å². The normalized spacial score (nSPS) is 11.9. The van der Waals surface area contributed by atoms with Gasteiger partial charge in [-0.15, -0.1) is 0 Å². The molecule has 19 heavy (non-hydrogen) atoms. The zero-order valence-corrected chi connectivity index (χ0v) is 11.2. The number of amides is 1. The minimum Gasteiger partial charge on any atom is -0.481 e. The molecule has 4 nitrogen and oxygen atoms in total. The third kappa shape index (κ3) is 4.87. The molecule has 0 heterocycles. The molecule has 0 bridgehead atoms. The standard InChI is InChI=1S/C13H15ClFNO3/c1-8(13(18)19)3-2-6-16-12(17)10-5-4-9(14)7-11(10)15/h4-5,7-8H,2-3,6H2,1H3,(H,16,17)(H,18,19). The highest BCUT2D eigenvalue weighted by atomic mass is 35.5. The predicted molar refractivity (Wildman–Crippen MR) is 69.8 cm³/mol. The van der Waals surface area contributed by atoms with Gasteiger partial charge in [0, 0.05) is 11.6 Å². The fourth-order valence-electron chi connectivity index (χ4n) is 1.50. The van der Waals surface area contributed by atoms with Crippen molar-refractivity contribution in [2.75, 3.05) is 6.54 Å². The minimum absolute atomic E-state index is 0.0734. The highest BCUT2D eigenvalue weighted by molar-refractivity contribution is 6.30. The van der Waals surface area contributed by atoms with E-state index in [9.17, 15) is 14.0 Å². The van der Waals surface area contributed by atoms with Crippen LogP contribution in [0.2, 0.25) is 5.02 Å².